The third-order valence-electron chi connectivity index (χ3n) is 6.43. The van der Waals surface area contributed by atoms with Crippen LogP contribution in [0.15, 0.2) is 18.2 Å². The number of carbonyl (C=O) groups is 3. The first-order chi connectivity index (χ1) is 17.0. The van der Waals surface area contributed by atoms with Crippen LogP contribution < -0.4 is 10.6 Å². The number of ether oxygens (including phenoxy) is 1. The van der Waals surface area contributed by atoms with E-state index >= 15 is 0 Å². The molecule has 1 aliphatic rings. The fourth-order valence-electron chi connectivity index (χ4n) is 4.84. The number of hydrogen-bond donors (Lipinski definition) is 2. The first kappa shape index (κ1) is 29.7. The van der Waals surface area contributed by atoms with Crippen molar-refractivity contribution in [3.63, 3.8) is 0 Å². The molecular formula is C29H47N3O4. The number of unbranched alkanes of at least 4 members (excludes halogenated alkanes) is 3. The number of nitrogens with zero attached hydrogens (tertiary/aromatic N) is 1. The highest BCUT2D eigenvalue weighted by atomic mass is 16.6. The van der Waals surface area contributed by atoms with Crippen LogP contribution in [0.4, 0.5) is 4.79 Å². The van der Waals surface area contributed by atoms with Gasteiger partial charge in [0.2, 0.25) is 11.8 Å². The van der Waals surface area contributed by atoms with E-state index in [1.807, 2.05) is 26.0 Å². The molecule has 1 aromatic rings. The minimum absolute atomic E-state index is 0.136. The molecule has 0 saturated heterocycles. The number of alkyl carbamates (subject to hydrolysis) is 1. The van der Waals surface area contributed by atoms with Crippen LogP contribution in [0.5, 0.6) is 0 Å². The van der Waals surface area contributed by atoms with Crippen LogP contribution >= 0.6 is 0 Å². The molecule has 2 rings (SSSR count). The van der Waals surface area contributed by atoms with Crippen molar-refractivity contribution < 1.29 is 19.1 Å². The molecule has 3 amide bonds. The van der Waals surface area contributed by atoms with E-state index in [4.69, 9.17) is 4.74 Å². The van der Waals surface area contributed by atoms with Crippen molar-refractivity contribution in [2.45, 2.75) is 117 Å². The third kappa shape index (κ3) is 10.2. The lowest BCUT2D eigenvalue weighted by atomic mass is 9.94. The molecule has 0 heterocycles. The molecule has 2 N–H and O–H groups in total. The van der Waals surface area contributed by atoms with Gasteiger partial charge in [-0.1, -0.05) is 74.8 Å². The van der Waals surface area contributed by atoms with E-state index in [9.17, 15) is 14.4 Å². The van der Waals surface area contributed by atoms with Crippen LogP contribution in [0.3, 0.4) is 0 Å². The quantitative estimate of drug-likeness (QED) is 0.379. The lowest BCUT2D eigenvalue weighted by Gasteiger charge is -2.34. The Morgan fingerprint density at radius 1 is 1.00 bits per heavy atom. The SMILES string of the molecule is CCCCCCN(C(=O)CNC(=O)OC(C)(C)C)C(C(=O)NC1CCCCC1)c1cc(C)cc(C)c1. The topological polar surface area (TPSA) is 87.7 Å². The van der Waals surface area contributed by atoms with Crippen LogP contribution in [-0.4, -0.2) is 47.5 Å². The van der Waals surface area contributed by atoms with Crippen LogP contribution in [0.2, 0.25) is 0 Å². The average Bonchev–Trinajstić information content (AvgIpc) is 2.78. The lowest BCUT2D eigenvalue weighted by Crippen LogP contribution is -2.50. The summed E-state index contributed by atoms with van der Waals surface area (Å²) in [6, 6.07) is 5.44. The molecule has 1 aliphatic carbocycles. The Bertz CT molecular complexity index is 852. The summed E-state index contributed by atoms with van der Waals surface area (Å²) in [6.45, 7) is 11.7. The fraction of sp³-hybridized carbons (Fsp3) is 0.690. The minimum Gasteiger partial charge on any atom is -0.444 e. The third-order valence-corrected chi connectivity index (χ3v) is 6.43. The van der Waals surface area contributed by atoms with Gasteiger partial charge < -0.3 is 20.3 Å². The summed E-state index contributed by atoms with van der Waals surface area (Å²) in [5.41, 5.74) is 2.24. The van der Waals surface area contributed by atoms with E-state index in [0.29, 0.717) is 6.54 Å². The van der Waals surface area contributed by atoms with Crippen molar-refractivity contribution in [2.24, 2.45) is 0 Å². The van der Waals surface area contributed by atoms with E-state index in [1.54, 1.807) is 25.7 Å². The number of nitrogens with one attached hydrogen (secondary N) is 2. The molecule has 1 fully saturated rings. The highest BCUT2D eigenvalue weighted by Gasteiger charge is 2.33. The normalized spacial score (nSPS) is 15.2. The fourth-order valence-corrected chi connectivity index (χ4v) is 4.84. The smallest absolute Gasteiger partial charge is 0.408 e. The highest BCUT2D eigenvalue weighted by Crippen LogP contribution is 2.26. The summed E-state index contributed by atoms with van der Waals surface area (Å²) in [7, 11) is 0. The molecule has 0 bridgehead atoms. The number of rotatable bonds is 11. The molecule has 1 unspecified atom stereocenters. The Labute approximate surface area is 217 Å². The first-order valence-corrected chi connectivity index (χ1v) is 13.6. The molecule has 1 saturated carbocycles. The second-order valence-corrected chi connectivity index (χ2v) is 11.2. The first-order valence-electron chi connectivity index (χ1n) is 13.6. The second kappa shape index (κ2) is 14.2. The van der Waals surface area contributed by atoms with Crippen molar-refractivity contribution >= 4 is 17.9 Å². The Morgan fingerprint density at radius 2 is 1.64 bits per heavy atom. The largest absolute Gasteiger partial charge is 0.444 e. The maximum Gasteiger partial charge on any atom is 0.408 e. The predicted molar refractivity (Wildman–Crippen MR) is 144 cm³/mol. The molecule has 7 nitrogen and oxygen atoms in total. The summed E-state index contributed by atoms with van der Waals surface area (Å²) in [6.07, 6.45) is 8.64. The summed E-state index contributed by atoms with van der Waals surface area (Å²) in [5, 5.41) is 5.83. The predicted octanol–water partition coefficient (Wildman–Crippen LogP) is 5.73. The summed E-state index contributed by atoms with van der Waals surface area (Å²) in [4.78, 5) is 41.2. The summed E-state index contributed by atoms with van der Waals surface area (Å²) < 4.78 is 5.31. The maximum atomic E-state index is 13.8. The van der Waals surface area contributed by atoms with E-state index in [2.05, 4.69) is 23.6 Å². The molecule has 0 radical (unpaired) electrons. The Hall–Kier alpha value is -2.57. The van der Waals surface area contributed by atoms with Gasteiger partial charge in [0.1, 0.15) is 18.2 Å². The van der Waals surface area contributed by atoms with Crippen LogP contribution in [-0.2, 0) is 14.3 Å². The molecule has 0 aliphatic heterocycles. The second-order valence-electron chi connectivity index (χ2n) is 11.2. The average molecular weight is 502 g/mol. The molecule has 0 spiro atoms. The van der Waals surface area contributed by atoms with Crippen LogP contribution in [0.25, 0.3) is 0 Å². The van der Waals surface area contributed by atoms with Crippen molar-refractivity contribution in [3.05, 3.63) is 34.9 Å². The molecule has 36 heavy (non-hydrogen) atoms. The zero-order valence-electron chi connectivity index (χ0n) is 23.2. The Morgan fingerprint density at radius 3 is 2.22 bits per heavy atom. The molecule has 1 aromatic carbocycles. The molecule has 7 heteroatoms. The van der Waals surface area contributed by atoms with Crippen molar-refractivity contribution in [1.29, 1.82) is 0 Å². The molecule has 0 aromatic heterocycles. The Balaban J connectivity index is 2.32. The summed E-state index contributed by atoms with van der Waals surface area (Å²) in [5.74, 6) is -0.437. The van der Waals surface area contributed by atoms with Crippen LogP contribution in [0, 0.1) is 13.8 Å². The van der Waals surface area contributed by atoms with E-state index in [1.165, 1.54) is 6.42 Å². The van der Waals surface area contributed by atoms with Crippen LogP contribution in [0.1, 0.15) is 108 Å². The lowest BCUT2D eigenvalue weighted by molar-refractivity contribution is -0.140. The Kier molecular flexibility index (Phi) is 11.7. The van der Waals surface area contributed by atoms with Gasteiger partial charge in [-0.15, -0.1) is 0 Å². The van der Waals surface area contributed by atoms with Gasteiger partial charge in [-0.2, -0.15) is 0 Å². The van der Waals surface area contributed by atoms with Gasteiger partial charge >= 0.3 is 6.09 Å². The maximum absolute atomic E-state index is 13.8. The van der Waals surface area contributed by atoms with E-state index < -0.39 is 17.7 Å². The zero-order chi connectivity index (χ0) is 26.7. The van der Waals surface area contributed by atoms with E-state index in [-0.39, 0.29) is 24.4 Å². The zero-order valence-corrected chi connectivity index (χ0v) is 23.2. The molecule has 202 valence electrons. The highest BCUT2D eigenvalue weighted by molar-refractivity contribution is 5.90. The van der Waals surface area contributed by atoms with Gasteiger partial charge in [0.25, 0.3) is 0 Å². The van der Waals surface area contributed by atoms with Crippen molar-refractivity contribution in [2.75, 3.05) is 13.1 Å². The van der Waals surface area contributed by atoms with Gasteiger partial charge in [0.15, 0.2) is 0 Å². The number of carbonyl (C=O) groups excluding carboxylic acids is 3. The summed E-state index contributed by atoms with van der Waals surface area (Å²) >= 11 is 0. The van der Waals surface area contributed by atoms with Crippen molar-refractivity contribution in [3.8, 4) is 0 Å². The standard InChI is InChI=1S/C29H47N3O4/c1-7-8-9-13-16-32(25(33)20-30-28(35)36-29(4,5)6)26(23-18-21(2)17-22(3)19-23)27(34)31-24-14-11-10-12-15-24/h17-19,24,26H,7-16,20H2,1-6H3,(H,30,35)(H,31,34). The molecule has 1 atom stereocenters. The van der Waals surface area contributed by atoms with Gasteiger partial charge in [-0.25, -0.2) is 4.79 Å². The number of aryl methyl sites for hydroxylation is 2. The monoisotopic (exact) mass is 501 g/mol. The number of hydrogen-bond acceptors (Lipinski definition) is 4. The van der Waals surface area contributed by atoms with Gasteiger partial charge in [0.05, 0.1) is 0 Å². The van der Waals surface area contributed by atoms with Crippen molar-refractivity contribution in [1.82, 2.24) is 15.5 Å². The number of benzene rings is 1. The number of amides is 3. The van der Waals surface area contributed by atoms with Gasteiger partial charge in [-0.05, 0) is 59.4 Å². The molecular weight excluding hydrogens is 454 g/mol. The van der Waals surface area contributed by atoms with E-state index in [0.717, 1.165) is 68.1 Å². The minimum atomic E-state index is -0.750. The van der Waals surface area contributed by atoms with Gasteiger partial charge in [0, 0.05) is 12.6 Å². The van der Waals surface area contributed by atoms with Gasteiger partial charge in [-0.3, -0.25) is 9.59 Å².